The molecule has 0 unspecified atom stereocenters. The lowest BCUT2D eigenvalue weighted by molar-refractivity contribution is -0.384. The fourth-order valence-corrected chi connectivity index (χ4v) is 5.86. The Morgan fingerprint density at radius 2 is 1.42 bits per heavy atom. The summed E-state index contributed by atoms with van der Waals surface area (Å²) in [5.74, 6) is -4.17. The molecule has 0 spiro atoms. The summed E-state index contributed by atoms with van der Waals surface area (Å²) in [4.78, 5) is 64.0. The summed E-state index contributed by atoms with van der Waals surface area (Å²) in [5, 5.41) is 12.5. The predicted octanol–water partition coefficient (Wildman–Crippen LogP) is 3.86. The molecule has 2 atom stereocenters. The van der Waals surface area contributed by atoms with Crippen LogP contribution in [0.25, 0.3) is 0 Å². The van der Waals surface area contributed by atoms with E-state index >= 15 is 0 Å². The molecule has 3 amide bonds. The Morgan fingerprint density at radius 1 is 0.884 bits per heavy atom. The van der Waals surface area contributed by atoms with Crippen LogP contribution in [-0.2, 0) is 19.7 Å². The van der Waals surface area contributed by atoms with E-state index in [9.17, 15) is 37.7 Å². The average Bonchev–Trinajstić information content (AvgIpc) is 3.25. The number of carbonyl (C=O) groups is 4. The minimum Gasteiger partial charge on any atom is -0.379 e. The van der Waals surface area contributed by atoms with E-state index in [1.54, 1.807) is 24.3 Å². The number of imide groups is 1. The molecular formula is C30H25N3O9S. The lowest BCUT2D eigenvalue weighted by Gasteiger charge is -2.30. The summed E-state index contributed by atoms with van der Waals surface area (Å²) >= 11 is 0. The number of hydrogen-bond donors (Lipinski definition) is 0. The minimum atomic E-state index is -4.13. The molecule has 13 heteroatoms. The molecule has 5 rings (SSSR count). The zero-order valence-electron chi connectivity index (χ0n) is 22.8. The SMILES string of the molecule is Cc1ccc(S(=O)(=O)Oc2ccc(C(=O)CN(C(=O)c3ccc([N+](=O)[O-])cc3)N3C(=O)[C@H]4CC=CC[C@@H]4C3=O)cc2)cc1. The first-order chi connectivity index (χ1) is 20.5. The van der Waals surface area contributed by atoms with Crippen LogP contribution in [0, 0.1) is 28.9 Å². The Morgan fingerprint density at radius 3 is 1.95 bits per heavy atom. The molecule has 0 saturated carbocycles. The first-order valence-electron chi connectivity index (χ1n) is 13.2. The Labute approximate surface area is 246 Å². The van der Waals surface area contributed by atoms with Gasteiger partial charge in [-0.15, -0.1) is 0 Å². The third kappa shape index (κ3) is 5.93. The Kier molecular flexibility index (Phi) is 7.91. The average molecular weight is 604 g/mol. The van der Waals surface area contributed by atoms with E-state index in [4.69, 9.17) is 4.18 Å². The highest BCUT2D eigenvalue weighted by atomic mass is 32.2. The number of Topliss-reactive ketones (excluding diaryl/α,β-unsaturated/α-hetero) is 1. The molecule has 0 radical (unpaired) electrons. The molecule has 0 aromatic heterocycles. The number of hydrazine groups is 1. The monoisotopic (exact) mass is 603 g/mol. The molecule has 43 heavy (non-hydrogen) atoms. The highest BCUT2D eigenvalue weighted by Crippen LogP contribution is 2.36. The smallest absolute Gasteiger partial charge is 0.339 e. The van der Waals surface area contributed by atoms with Crippen molar-refractivity contribution in [3.05, 3.63) is 112 Å². The summed E-state index contributed by atoms with van der Waals surface area (Å²) < 4.78 is 30.4. The minimum absolute atomic E-state index is 0.0469. The van der Waals surface area contributed by atoms with Crippen LogP contribution in [0.3, 0.4) is 0 Å². The van der Waals surface area contributed by atoms with Crippen molar-refractivity contribution in [1.82, 2.24) is 10.0 Å². The highest BCUT2D eigenvalue weighted by molar-refractivity contribution is 7.87. The number of ketones is 1. The highest BCUT2D eigenvalue weighted by Gasteiger charge is 2.51. The van der Waals surface area contributed by atoms with Gasteiger partial charge in [-0.25, -0.2) is 5.01 Å². The molecule has 220 valence electrons. The maximum Gasteiger partial charge on any atom is 0.339 e. The number of allylic oxidation sites excluding steroid dienone is 2. The van der Waals surface area contributed by atoms with Gasteiger partial charge in [0.2, 0.25) is 0 Å². The summed E-state index contributed by atoms with van der Waals surface area (Å²) in [6, 6.07) is 15.8. The van der Waals surface area contributed by atoms with Crippen molar-refractivity contribution < 1.29 is 36.7 Å². The van der Waals surface area contributed by atoms with Crippen molar-refractivity contribution in [3.8, 4) is 5.75 Å². The molecule has 1 saturated heterocycles. The lowest BCUT2D eigenvalue weighted by Crippen LogP contribution is -2.52. The van der Waals surface area contributed by atoms with Crippen LogP contribution >= 0.6 is 0 Å². The molecule has 2 aliphatic rings. The van der Waals surface area contributed by atoms with Gasteiger partial charge in [-0.2, -0.15) is 13.4 Å². The molecule has 1 heterocycles. The number of nitro benzene ring substituents is 1. The first-order valence-corrected chi connectivity index (χ1v) is 14.6. The molecule has 12 nitrogen and oxygen atoms in total. The number of nitro groups is 1. The van der Waals surface area contributed by atoms with Crippen molar-refractivity contribution in [2.24, 2.45) is 11.8 Å². The van der Waals surface area contributed by atoms with E-state index in [0.717, 1.165) is 22.7 Å². The number of non-ortho nitro benzene ring substituents is 1. The number of hydrogen-bond acceptors (Lipinski definition) is 9. The van der Waals surface area contributed by atoms with Crippen molar-refractivity contribution in [3.63, 3.8) is 0 Å². The molecular weight excluding hydrogens is 578 g/mol. The van der Waals surface area contributed by atoms with Gasteiger partial charge in [-0.1, -0.05) is 29.8 Å². The second-order valence-corrected chi connectivity index (χ2v) is 11.7. The van der Waals surface area contributed by atoms with E-state index in [0.29, 0.717) is 17.9 Å². The van der Waals surface area contributed by atoms with Crippen molar-refractivity contribution in [2.45, 2.75) is 24.7 Å². The summed E-state index contributed by atoms with van der Waals surface area (Å²) in [6.45, 7) is 1.11. The third-order valence-corrected chi connectivity index (χ3v) is 8.53. The number of carbonyl (C=O) groups excluding carboxylic acids is 4. The fraction of sp³-hybridized carbons (Fsp3) is 0.200. The topological polar surface area (TPSA) is 161 Å². The fourth-order valence-electron chi connectivity index (χ4n) is 4.93. The second kappa shape index (κ2) is 11.6. The van der Waals surface area contributed by atoms with Crippen LogP contribution in [0.1, 0.15) is 39.1 Å². The maximum atomic E-state index is 13.6. The number of rotatable bonds is 9. The van der Waals surface area contributed by atoms with Crippen LogP contribution in [0.4, 0.5) is 5.69 Å². The Bertz CT molecular complexity index is 1720. The van der Waals surface area contributed by atoms with E-state index in [2.05, 4.69) is 0 Å². The van der Waals surface area contributed by atoms with Gasteiger partial charge in [-0.3, -0.25) is 29.3 Å². The third-order valence-electron chi connectivity index (χ3n) is 7.27. The van der Waals surface area contributed by atoms with Gasteiger partial charge in [0.15, 0.2) is 5.78 Å². The van der Waals surface area contributed by atoms with Crippen LogP contribution < -0.4 is 4.18 Å². The van der Waals surface area contributed by atoms with Crippen LogP contribution in [0.2, 0.25) is 0 Å². The summed E-state index contributed by atoms with van der Waals surface area (Å²) in [7, 11) is -4.13. The molecule has 3 aromatic carbocycles. The lowest BCUT2D eigenvalue weighted by atomic mass is 9.85. The number of fused-ring (bicyclic) bond motifs is 1. The second-order valence-electron chi connectivity index (χ2n) is 10.1. The van der Waals surface area contributed by atoms with E-state index in [1.807, 2.05) is 6.92 Å². The normalized spacial score (nSPS) is 17.8. The van der Waals surface area contributed by atoms with Gasteiger partial charge in [-0.05, 0) is 68.3 Å². The summed E-state index contributed by atoms with van der Waals surface area (Å²) in [6.07, 6.45) is 4.19. The number of amides is 3. The van der Waals surface area contributed by atoms with Gasteiger partial charge in [0.25, 0.3) is 23.4 Å². The quantitative estimate of drug-likeness (QED) is 0.0883. The van der Waals surface area contributed by atoms with Crippen LogP contribution in [-0.4, -0.2) is 53.4 Å². The molecule has 0 bridgehead atoms. The van der Waals surface area contributed by atoms with Gasteiger partial charge in [0.05, 0.1) is 16.8 Å². The maximum absolute atomic E-state index is 13.6. The zero-order chi connectivity index (χ0) is 30.9. The molecule has 0 N–H and O–H groups in total. The zero-order valence-corrected chi connectivity index (χ0v) is 23.6. The molecule has 1 aliphatic heterocycles. The number of benzene rings is 3. The van der Waals surface area contributed by atoms with E-state index in [1.165, 1.54) is 48.5 Å². The van der Waals surface area contributed by atoms with Crippen molar-refractivity contribution in [1.29, 1.82) is 0 Å². The predicted molar refractivity (Wildman–Crippen MR) is 151 cm³/mol. The molecule has 1 aliphatic carbocycles. The van der Waals surface area contributed by atoms with E-state index in [-0.39, 0.29) is 27.5 Å². The molecule has 1 fully saturated rings. The summed E-state index contributed by atoms with van der Waals surface area (Å²) in [5.41, 5.74) is 0.587. The van der Waals surface area contributed by atoms with Gasteiger partial charge in [0.1, 0.15) is 17.2 Å². The first kappa shape index (κ1) is 29.3. The van der Waals surface area contributed by atoms with Crippen molar-refractivity contribution in [2.75, 3.05) is 6.54 Å². The van der Waals surface area contributed by atoms with Crippen LogP contribution in [0.15, 0.2) is 89.8 Å². The van der Waals surface area contributed by atoms with Gasteiger partial charge >= 0.3 is 10.1 Å². The van der Waals surface area contributed by atoms with Crippen LogP contribution in [0.5, 0.6) is 5.75 Å². The van der Waals surface area contributed by atoms with Crippen molar-refractivity contribution >= 4 is 39.3 Å². The van der Waals surface area contributed by atoms with Gasteiger partial charge < -0.3 is 4.18 Å². The van der Waals surface area contributed by atoms with E-state index < -0.39 is 56.9 Å². The standard InChI is InChI=1S/C30H25N3O9S/c1-19-6-16-24(17-7-19)43(40,41)42-23-14-10-20(11-15-23)27(34)18-31(28(35)21-8-12-22(13-9-21)33(38)39)32-29(36)25-4-2-3-5-26(25)30(32)37/h2-3,6-17,25-26H,4-5,18H2,1H3/t25-,26-/m0/s1. The molecule has 3 aromatic rings. The number of aryl methyl sites for hydroxylation is 1. The Balaban J connectivity index is 1.39. The van der Waals surface area contributed by atoms with Gasteiger partial charge in [0, 0.05) is 23.3 Å². The largest absolute Gasteiger partial charge is 0.379 e. The number of nitrogens with zero attached hydrogens (tertiary/aromatic N) is 3. The Hall–Kier alpha value is -5.17.